The van der Waals surface area contributed by atoms with Gasteiger partial charge in [-0.15, -0.1) is 11.8 Å². The molecular weight excluding hydrogens is 363 g/mol. The van der Waals surface area contributed by atoms with Crippen LogP contribution in [0.4, 0.5) is 15.8 Å². The highest BCUT2D eigenvalue weighted by atomic mass is 32.2. The van der Waals surface area contributed by atoms with Gasteiger partial charge in [-0.2, -0.15) is 0 Å². The first kappa shape index (κ1) is 19.3. The number of thioether (sulfide) groups is 1. The maximum absolute atomic E-state index is 13.5. The molecule has 0 aliphatic heterocycles. The monoisotopic (exact) mass is 382 g/mol. The van der Waals surface area contributed by atoms with Crippen LogP contribution < -0.4 is 9.62 Å². The quantitative estimate of drug-likeness (QED) is 0.778. The molecule has 2 aromatic carbocycles. The first-order valence-electron chi connectivity index (χ1n) is 7.43. The van der Waals surface area contributed by atoms with Gasteiger partial charge in [-0.3, -0.25) is 9.10 Å². The van der Waals surface area contributed by atoms with E-state index < -0.39 is 27.8 Å². The molecule has 5 nitrogen and oxygen atoms in total. The van der Waals surface area contributed by atoms with Gasteiger partial charge < -0.3 is 5.32 Å². The van der Waals surface area contributed by atoms with Crippen molar-refractivity contribution in [1.82, 2.24) is 0 Å². The second kappa shape index (κ2) is 7.88. The molecule has 0 aliphatic carbocycles. The lowest BCUT2D eigenvalue weighted by Crippen LogP contribution is -2.45. The van der Waals surface area contributed by atoms with Gasteiger partial charge in [-0.1, -0.05) is 18.2 Å². The lowest BCUT2D eigenvalue weighted by Gasteiger charge is -2.28. The fourth-order valence-corrected chi connectivity index (χ4v) is 4.13. The van der Waals surface area contributed by atoms with Crippen molar-refractivity contribution >= 4 is 39.1 Å². The van der Waals surface area contributed by atoms with Crippen LogP contribution in [0, 0.1) is 5.82 Å². The molecule has 1 amide bonds. The molecule has 2 rings (SSSR count). The molecule has 0 heterocycles. The molecule has 1 unspecified atom stereocenters. The van der Waals surface area contributed by atoms with Crippen molar-refractivity contribution in [1.29, 1.82) is 0 Å². The minimum absolute atomic E-state index is 0.100. The first-order chi connectivity index (χ1) is 11.7. The van der Waals surface area contributed by atoms with Gasteiger partial charge in [0.2, 0.25) is 15.9 Å². The van der Waals surface area contributed by atoms with Gasteiger partial charge in [0, 0.05) is 4.90 Å². The summed E-state index contributed by atoms with van der Waals surface area (Å²) in [5, 5.41) is 2.74. The lowest BCUT2D eigenvalue weighted by molar-refractivity contribution is -0.116. The number of benzene rings is 2. The predicted octanol–water partition coefficient (Wildman–Crippen LogP) is 3.34. The first-order valence-corrected chi connectivity index (χ1v) is 10.5. The molecule has 1 atom stereocenters. The van der Waals surface area contributed by atoms with Crippen molar-refractivity contribution in [2.24, 2.45) is 0 Å². The highest BCUT2D eigenvalue weighted by molar-refractivity contribution is 7.98. The minimum atomic E-state index is -3.79. The zero-order chi connectivity index (χ0) is 18.6. The van der Waals surface area contributed by atoms with Crippen LogP contribution in [0.15, 0.2) is 53.4 Å². The Labute approximate surface area is 151 Å². The van der Waals surface area contributed by atoms with E-state index in [0.29, 0.717) is 5.69 Å². The van der Waals surface area contributed by atoms with Crippen LogP contribution in [0.2, 0.25) is 0 Å². The van der Waals surface area contributed by atoms with Gasteiger partial charge in [0.1, 0.15) is 11.9 Å². The molecule has 0 radical (unpaired) electrons. The van der Waals surface area contributed by atoms with Crippen molar-refractivity contribution < 1.29 is 17.6 Å². The molecule has 25 heavy (non-hydrogen) atoms. The van der Waals surface area contributed by atoms with E-state index in [1.807, 2.05) is 18.4 Å². The summed E-state index contributed by atoms with van der Waals surface area (Å²) in [7, 11) is -3.79. The SMILES string of the molecule is CSc1ccccc1NC(=O)C(C)N(c1cccc(F)c1)S(C)(=O)=O. The van der Waals surface area contributed by atoms with Crippen molar-refractivity contribution in [3.8, 4) is 0 Å². The van der Waals surface area contributed by atoms with E-state index in [1.54, 1.807) is 12.1 Å². The summed E-state index contributed by atoms with van der Waals surface area (Å²) in [6.45, 7) is 1.46. The number of rotatable bonds is 6. The molecular formula is C17H19FN2O3S2. The average Bonchev–Trinajstić information content (AvgIpc) is 2.54. The Balaban J connectivity index is 2.33. The fraction of sp³-hybridized carbons (Fsp3) is 0.235. The van der Waals surface area contributed by atoms with E-state index in [9.17, 15) is 17.6 Å². The van der Waals surface area contributed by atoms with E-state index >= 15 is 0 Å². The summed E-state index contributed by atoms with van der Waals surface area (Å²) in [4.78, 5) is 13.5. The molecule has 8 heteroatoms. The van der Waals surface area contributed by atoms with Gasteiger partial charge in [0.05, 0.1) is 17.6 Å². The highest BCUT2D eigenvalue weighted by Crippen LogP contribution is 2.26. The Morgan fingerprint density at radius 3 is 2.48 bits per heavy atom. The Morgan fingerprint density at radius 2 is 1.88 bits per heavy atom. The zero-order valence-corrected chi connectivity index (χ0v) is 15.7. The number of hydrogen-bond donors (Lipinski definition) is 1. The maximum atomic E-state index is 13.5. The van der Waals surface area contributed by atoms with Gasteiger partial charge in [-0.05, 0) is 43.5 Å². The number of amides is 1. The number of anilines is 2. The van der Waals surface area contributed by atoms with E-state index in [4.69, 9.17) is 0 Å². The molecule has 1 N–H and O–H groups in total. The van der Waals surface area contributed by atoms with Crippen molar-refractivity contribution in [3.63, 3.8) is 0 Å². The van der Waals surface area contributed by atoms with E-state index in [1.165, 1.54) is 36.9 Å². The predicted molar refractivity (Wildman–Crippen MR) is 100 cm³/mol. The summed E-state index contributed by atoms with van der Waals surface area (Å²) in [6.07, 6.45) is 2.86. The Hall–Kier alpha value is -2.06. The summed E-state index contributed by atoms with van der Waals surface area (Å²) in [5.41, 5.74) is 0.697. The van der Waals surface area contributed by atoms with Crippen molar-refractivity contribution in [2.45, 2.75) is 17.9 Å². The molecule has 0 aliphatic rings. The molecule has 0 saturated carbocycles. The number of nitrogens with zero attached hydrogens (tertiary/aromatic N) is 1. The summed E-state index contributed by atoms with van der Waals surface area (Å²) < 4.78 is 38.8. The lowest BCUT2D eigenvalue weighted by atomic mass is 10.2. The molecule has 0 bridgehead atoms. The third-order valence-corrected chi connectivity index (χ3v) is 5.55. The number of para-hydroxylation sites is 1. The molecule has 0 aromatic heterocycles. The number of nitrogens with one attached hydrogen (secondary N) is 1. The van der Waals surface area contributed by atoms with Crippen LogP contribution in [0.3, 0.4) is 0 Å². The maximum Gasteiger partial charge on any atom is 0.248 e. The van der Waals surface area contributed by atoms with Gasteiger partial charge in [0.25, 0.3) is 0 Å². The normalized spacial score (nSPS) is 12.5. The largest absolute Gasteiger partial charge is 0.323 e. The van der Waals surface area contributed by atoms with Gasteiger partial charge >= 0.3 is 0 Å². The van der Waals surface area contributed by atoms with Crippen LogP contribution in [-0.2, 0) is 14.8 Å². The molecule has 0 spiro atoms. The Morgan fingerprint density at radius 1 is 1.20 bits per heavy atom. The van der Waals surface area contributed by atoms with Crippen molar-refractivity contribution in [3.05, 3.63) is 54.3 Å². The summed E-state index contributed by atoms with van der Waals surface area (Å²) in [6, 6.07) is 11.3. The number of carbonyl (C=O) groups excluding carboxylic acids is 1. The Kier molecular flexibility index (Phi) is 6.07. The van der Waals surface area contributed by atoms with Gasteiger partial charge in [-0.25, -0.2) is 12.8 Å². The minimum Gasteiger partial charge on any atom is -0.323 e. The molecule has 0 fully saturated rings. The molecule has 2 aromatic rings. The van der Waals surface area contributed by atoms with Crippen LogP contribution in [-0.4, -0.2) is 32.9 Å². The van der Waals surface area contributed by atoms with Crippen LogP contribution in [0.25, 0.3) is 0 Å². The third kappa shape index (κ3) is 4.73. The Bertz CT molecular complexity index is 872. The number of carbonyl (C=O) groups is 1. The second-order valence-electron chi connectivity index (χ2n) is 5.40. The number of sulfonamides is 1. The van der Waals surface area contributed by atoms with Crippen LogP contribution >= 0.6 is 11.8 Å². The molecule has 0 saturated heterocycles. The summed E-state index contributed by atoms with van der Waals surface area (Å²) >= 11 is 1.47. The molecule has 134 valence electrons. The standard InChI is InChI=1S/C17H19FN2O3S2/c1-12(17(21)19-15-9-4-5-10-16(15)24-2)20(25(3,22)23)14-8-6-7-13(18)11-14/h4-12H,1-3H3,(H,19,21). The van der Waals surface area contributed by atoms with Crippen LogP contribution in [0.5, 0.6) is 0 Å². The third-order valence-electron chi connectivity index (χ3n) is 3.52. The van der Waals surface area contributed by atoms with E-state index in [2.05, 4.69) is 5.32 Å². The number of hydrogen-bond acceptors (Lipinski definition) is 4. The topological polar surface area (TPSA) is 66.5 Å². The van der Waals surface area contributed by atoms with E-state index in [0.717, 1.165) is 21.5 Å². The highest BCUT2D eigenvalue weighted by Gasteiger charge is 2.29. The summed E-state index contributed by atoms with van der Waals surface area (Å²) in [5.74, 6) is -1.08. The number of halogens is 1. The van der Waals surface area contributed by atoms with Crippen LogP contribution in [0.1, 0.15) is 6.92 Å². The zero-order valence-electron chi connectivity index (χ0n) is 14.1. The fourth-order valence-electron chi connectivity index (χ4n) is 2.41. The average molecular weight is 382 g/mol. The van der Waals surface area contributed by atoms with Crippen molar-refractivity contribution in [2.75, 3.05) is 22.1 Å². The van der Waals surface area contributed by atoms with Gasteiger partial charge in [0.15, 0.2) is 0 Å². The van der Waals surface area contributed by atoms with E-state index in [-0.39, 0.29) is 5.69 Å². The second-order valence-corrected chi connectivity index (χ2v) is 8.11. The smallest absolute Gasteiger partial charge is 0.248 e.